The summed E-state index contributed by atoms with van der Waals surface area (Å²) < 4.78 is 39.6. The lowest BCUT2D eigenvalue weighted by Gasteiger charge is -2.05. The summed E-state index contributed by atoms with van der Waals surface area (Å²) in [6, 6.07) is 5.17. The molecule has 0 N–H and O–H groups in total. The number of rotatable bonds is 3. The standard InChI is InChI=1S/C14H12F3N5/c1-10-12(8-22(19-10)11-3-2-5-18-7-11)13-4-6-21(20-13)9-14(15,16)17/h2-8H,9H2,1H3. The molecule has 114 valence electrons. The van der Waals surface area contributed by atoms with E-state index in [1.807, 2.05) is 6.07 Å². The van der Waals surface area contributed by atoms with Gasteiger partial charge in [0.05, 0.1) is 23.3 Å². The van der Waals surface area contributed by atoms with E-state index in [1.165, 1.54) is 6.20 Å². The third-order valence-corrected chi connectivity index (χ3v) is 3.07. The Morgan fingerprint density at radius 1 is 1.18 bits per heavy atom. The van der Waals surface area contributed by atoms with Gasteiger partial charge in [-0.1, -0.05) is 0 Å². The van der Waals surface area contributed by atoms with Crippen molar-refractivity contribution in [2.24, 2.45) is 0 Å². The fourth-order valence-corrected chi connectivity index (χ4v) is 2.11. The summed E-state index contributed by atoms with van der Waals surface area (Å²) in [5, 5.41) is 8.31. The lowest BCUT2D eigenvalue weighted by Crippen LogP contribution is -2.17. The van der Waals surface area contributed by atoms with Crippen LogP contribution in [0.5, 0.6) is 0 Å². The summed E-state index contributed by atoms with van der Waals surface area (Å²) in [7, 11) is 0. The van der Waals surface area contributed by atoms with Crippen LogP contribution in [0.4, 0.5) is 13.2 Å². The first-order chi connectivity index (χ1) is 10.4. The Hall–Kier alpha value is -2.64. The van der Waals surface area contributed by atoms with E-state index in [-0.39, 0.29) is 0 Å². The van der Waals surface area contributed by atoms with Crippen LogP contribution in [0, 0.1) is 6.92 Å². The van der Waals surface area contributed by atoms with E-state index < -0.39 is 12.7 Å². The minimum absolute atomic E-state index is 0.455. The maximum atomic E-state index is 12.4. The molecule has 3 aromatic heterocycles. The zero-order valence-corrected chi connectivity index (χ0v) is 11.6. The van der Waals surface area contributed by atoms with Gasteiger partial charge in [0.25, 0.3) is 0 Å². The minimum Gasteiger partial charge on any atom is -0.263 e. The number of aryl methyl sites for hydroxylation is 1. The molecule has 22 heavy (non-hydrogen) atoms. The number of hydrogen-bond donors (Lipinski definition) is 0. The first-order valence-electron chi connectivity index (χ1n) is 6.50. The summed E-state index contributed by atoms with van der Waals surface area (Å²) >= 11 is 0. The molecular formula is C14H12F3N5. The molecule has 0 aliphatic rings. The summed E-state index contributed by atoms with van der Waals surface area (Å²) in [5.41, 5.74) is 2.59. The molecule has 0 radical (unpaired) electrons. The van der Waals surface area contributed by atoms with Gasteiger partial charge in [0.2, 0.25) is 0 Å². The summed E-state index contributed by atoms with van der Waals surface area (Å²) in [4.78, 5) is 4.01. The molecule has 0 saturated carbocycles. The molecule has 3 heterocycles. The van der Waals surface area contributed by atoms with Crippen molar-refractivity contribution in [2.45, 2.75) is 19.6 Å². The van der Waals surface area contributed by atoms with Crippen molar-refractivity contribution in [3.63, 3.8) is 0 Å². The van der Waals surface area contributed by atoms with E-state index >= 15 is 0 Å². The highest BCUT2D eigenvalue weighted by molar-refractivity contribution is 5.61. The Balaban J connectivity index is 1.91. The van der Waals surface area contributed by atoms with Gasteiger partial charge in [-0.25, -0.2) is 4.68 Å². The van der Waals surface area contributed by atoms with Gasteiger partial charge >= 0.3 is 6.18 Å². The van der Waals surface area contributed by atoms with Gasteiger partial charge in [-0.15, -0.1) is 0 Å². The van der Waals surface area contributed by atoms with Crippen LogP contribution in [0.3, 0.4) is 0 Å². The predicted molar refractivity (Wildman–Crippen MR) is 73.4 cm³/mol. The second-order valence-corrected chi connectivity index (χ2v) is 4.80. The molecule has 0 saturated heterocycles. The normalized spacial score (nSPS) is 11.8. The van der Waals surface area contributed by atoms with Gasteiger partial charge in [0, 0.05) is 24.2 Å². The number of nitrogens with zero attached hydrogens (tertiary/aromatic N) is 5. The van der Waals surface area contributed by atoms with Crippen molar-refractivity contribution in [3.8, 4) is 16.9 Å². The zero-order chi connectivity index (χ0) is 15.7. The van der Waals surface area contributed by atoms with Crippen molar-refractivity contribution >= 4 is 0 Å². The van der Waals surface area contributed by atoms with Gasteiger partial charge in [-0.05, 0) is 25.1 Å². The van der Waals surface area contributed by atoms with Crippen LogP contribution in [0.15, 0.2) is 43.0 Å². The van der Waals surface area contributed by atoms with E-state index in [0.29, 0.717) is 17.0 Å². The smallest absolute Gasteiger partial charge is 0.263 e. The predicted octanol–water partition coefficient (Wildman–Crippen LogP) is 3.00. The summed E-state index contributed by atoms with van der Waals surface area (Å²) in [6.45, 7) is 0.674. The molecule has 0 aliphatic heterocycles. The minimum atomic E-state index is -4.29. The highest BCUT2D eigenvalue weighted by atomic mass is 19.4. The molecule has 0 aromatic carbocycles. The van der Waals surface area contributed by atoms with Gasteiger partial charge in [-0.3, -0.25) is 9.67 Å². The molecule has 0 spiro atoms. The molecule has 5 nitrogen and oxygen atoms in total. The molecule has 8 heteroatoms. The van der Waals surface area contributed by atoms with Crippen LogP contribution in [-0.2, 0) is 6.54 Å². The largest absolute Gasteiger partial charge is 0.408 e. The Kier molecular flexibility index (Phi) is 3.44. The van der Waals surface area contributed by atoms with E-state index in [4.69, 9.17) is 0 Å². The first kappa shape index (κ1) is 14.3. The second kappa shape index (κ2) is 5.28. The Labute approximate surface area is 124 Å². The third-order valence-electron chi connectivity index (χ3n) is 3.07. The second-order valence-electron chi connectivity index (χ2n) is 4.80. The highest BCUT2D eigenvalue weighted by Gasteiger charge is 2.28. The third kappa shape index (κ3) is 3.00. The van der Waals surface area contributed by atoms with Gasteiger partial charge in [0.15, 0.2) is 0 Å². The van der Waals surface area contributed by atoms with Crippen LogP contribution < -0.4 is 0 Å². The van der Waals surface area contributed by atoms with E-state index in [9.17, 15) is 13.2 Å². The molecular weight excluding hydrogens is 295 g/mol. The lowest BCUT2D eigenvalue weighted by molar-refractivity contribution is -0.142. The lowest BCUT2D eigenvalue weighted by atomic mass is 10.2. The number of halogens is 3. The quantitative estimate of drug-likeness (QED) is 0.747. The summed E-state index contributed by atoms with van der Waals surface area (Å²) in [6.07, 6.45) is 2.05. The van der Waals surface area contributed by atoms with Crippen LogP contribution in [0.25, 0.3) is 16.9 Å². The molecule has 0 amide bonds. The van der Waals surface area contributed by atoms with Crippen molar-refractivity contribution < 1.29 is 13.2 Å². The van der Waals surface area contributed by atoms with Gasteiger partial charge in [0.1, 0.15) is 6.54 Å². The maximum Gasteiger partial charge on any atom is 0.408 e. The maximum absolute atomic E-state index is 12.4. The summed E-state index contributed by atoms with van der Waals surface area (Å²) in [5.74, 6) is 0. The van der Waals surface area contributed by atoms with Gasteiger partial charge < -0.3 is 0 Å². The first-order valence-corrected chi connectivity index (χ1v) is 6.50. The molecule has 3 aromatic rings. The van der Waals surface area contributed by atoms with E-state index in [1.54, 1.807) is 42.3 Å². The van der Waals surface area contributed by atoms with Crippen molar-refractivity contribution in [1.82, 2.24) is 24.5 Å². The number of aromatic nitrogens is 5. The van der Waals surface area contributed by atoms with Crippen LogP contribution in [0.2, 0.25) is 0 Å². The fraction of sp³-hybridized carbons (Fsp3) is 0.214. The monoisotopic (exact) mass is 307 g/mol. The molecule has 3 rings (SSSR count). The molecule has 0 unspecified atom stereocenters. The highest BCUT2D eigenvalue weighted by Crippen LogP contribution is 2.23. The fourth-order valence-electron chi connectivity index (χ4n) is 2.11. The van der Waals surface area contributed by atoms with Crippen LogP contribution in [0.1, 0.15) is 5.69 Å². The Morgan fingerprint density at radius 2 is 2.00 bits per heavy atom. The zero-order valence-electron chi connectivity index (χ0n) is 11.6. The van der Waals surface area contributed by atoms with Crippen molar-refractivity contribution in [1.29, 1.82) is 0 Å². The number of pyridine rings is 1. The van der Waals surface area contributed by atoms with E-state index in [0.717, 1.165) is 10.4 Å². The number of alkyl halides is 3. The molecule has 0 fully saturated rings. The van der Waals surface area contributed by atoms with Crippen molar-refractivity contribution in [2.75, 3.05) is 0 Å². The van der Waals surface area contributed by atoms with Crippen LogP contribution >= 0.6 is 0 Å². The van der Waals surface area contributed by atoms with Gasteiger partial charge in [-0.2, -0.15) is 23.4 Å². The van der Waals surface area contributed by atoms with Crippen molar-refractivity contribution in [3.05, 3.63) is 48.7 Å². The average molecular weight is 307 g/mol. The average Bonchev–Trinajstić information content (AvgIpc) is 3.04. The number of hydrogen-bond acceptors (Lipinski definition) is 3. The molecule has 0 atom stereocenters. The SMILES string of the molecule is Cc1nn(-c2cccnc2)cc1-c1ccn(CC(F)(F)F)n1. The van der Waals surface area contributed by atoms with E-state index in [2.05, 4.69) is 15.2 Å². The Bertz CT molecular complexity index is 773. The molecule has 0 aliphatic carbocycles. The molecule has 0 bridgehead atoms. The van der Waals surface area contributed by atoms with Crippen LogP contribution in [-0.4, -0.2) is 30.7 Å². The topological polar surface area (TPSA) is 48.5 Å². The Morgan fingerprint density at radius 3 is 2.68 bits per heavy atom.